The fraction of sp³-hybridized carbons (Fsp3) is 0.121. The van der Waals surface area contributed by atoms with Gasteiger partial charge >= 0.3 is 5.97 Å². The van der Waals surface area contributed by atoms with Crippen LogP contribution in [-0.4, -0.2) is 40.4 Å². The first-order chi connectivity index (χ1) is 21.6. The highest BCUT2D eigenvalue weighted by Gasteiger charge is 2.41. The van der Waals surface area contributed by atoms with Gasteiger partial charge in [-0.25, -0.2) is 14.7 Å². The number of rotatable bonds is 8. The van der Waals surface area contributed by atoms with Crippen LogP contribution in [0.2, 0.25) is 0 Å². The van der Waals surface area contributed by atoms with E-state index in [1.54, 1.807) is 36.4 Å². The second kappa shape index (κ2) is 13.1. The number of esters is 1. The zero-order chi connectivity index (χ0) is 32.2. The standard InChI is InChI=1S/C33H22BrN5O5S/c1-18-2-4-20(5-3-18)29-24(15-35)30(37)38-31(25(29)16-36)45-27-14-28(41)39(32(27)42)23-12-8-21(9-13-23)33(43)44-17-26(40)19-6-10-22(34)11-7-19/h2-13,27H,14,17H2,1H3,(H2,37,38). The molecule has 12 heteroatoms. The molecule has 2 N–H and O–H groups in total. The molecule has 0 radical (unpaired) electrons. The number of thioether (sulfide) groups is 1. The quantitative estimate of drug-likeness (QED) is 0.140. The number of nitrogen functional groups attached to an aromatic ring is 1. The number of carbonyl (C=O) groups is 4. The number of nitrogens with zero attached hydrogens (tertiary/aromatic N) is 4. The molecule has 0 spiro atoms. The number of ketones is 1. The zero-order valence-corrected chi connectivity index (χ0v) is 26.0. The minimum atomic E-state index is -0.912. The molecule has 3 aromatic carbocycles. The normalized spacial score (nSPS) is 14.1. The fourth-order valence-corrected chi connectivity index (χ4v) is 6.06. The summed E-state index contributed by atoms with van der Waals surface area (Å²) in [5.74, 6) is -2.22. The van der Waals surface area contributed by atoms with E-state index in [1.165, 1.54) is 24.3 Å². The largest absolute Gasteiger partial charge is 0.454 e. The van der Waals surface area contributed by atoms with E-state index in [1.807, 2.05) is 25.1 Å². The van der Waals surface area contributed by atoms with Crippen molar-refractivity contribution in [2.75, 3.05) is 17.2 Å². The molecule has 222 valence electrons. The first-order valence-corrected chi connectivity index (χ1v) is 15.1. The molecule has 1 aliphatic rings. The third-order valence-corrected chi connectivity index (χ3v) is 8.68. The van der Waals surface area contributed by atoms with Gasteiger partial charge < -0.3 is 10.5 Å². The maximum absolute atomic E-state index is 13.4. The van der Waals surface area contributed by atoms with Gasteiger partial charge in [0, 0.05) is 22.0 Å². The highest BCUT2D eigenvalue weighted by Crippen LogP contribution is 2.40. The van der Waals surface area contributed by atoms with E-state index in [2.05, 4.69) is 27.0 Å². The Bertz CT molecular complexity index is 1930. The summed E-state index contributed by atoms with van der Waals surface area (Å²) in [6.45, 7) is 1.46. The van der Waals surface area contributed by atoms with E-state index in [0.29, 0.717) is 16.7 Å². The van der Waals surface area contributed by atoms with E-state index in [4.69, 9.17) is 10.5 Å². The number of pyridine rings is 1. The predicted octanol–water partition coefficient (Wildman–Crippen LogP) is 5.61. The van der Waals surface area contributed by atoms with Gasteiger partial charge in [-0.2, -0.15) is 10.5 Å². The number of halogens is 1. The molecule has 4 aromatic rings. The van der Waals surface area contributed by atoms with E-state index >= 15 is 0 Å². The van der Waals surface area contributed by atoms with E-state index < -0.39 is 29.6 Å². The monoisotopic (exact) mass is 679 g/mol. The van der Waals surface area contributed by atoms with Gasteiger partial charge in [0.25, 0.3) is 0 Å². The molecule has 10 nitrogen and oxygen atoms in total. The Kier molecular flexibility index (Phi) is 9.09. The van der Waals surface area contributed by atoms with Crippen LogP contribution in [-0.2, 0) is 14.3 Å². The number of nitriles is 2. The van der Waals surface area contributed by atoms with Crippen LogP contribution in [0.4, 0.5) is 11.5 Å². The van der Waals surface area contributed by atoms with E-state index in [0.717, 1.165) is 26.7 Å². The molecule has 1 saturated heterocycles. The molecule has 1 atom stereocenters. The van der Waals surface area contributed by atoms with Crippen molar-refractivity contribution in [2.24, 2.45) is 0 Å². The van der Waals surface area contributed by atoms with Crippen molar-refractivity contribution in [3.8, 4) is 23.3 Å². The Labute approximate surface area is 270 Å². The number of anilines is 2. The molecular weight excluding hydrogens is 658 g/mol. The van der Waals surface area contributed by atoms with Gasteiger partial charge in [0.2, 0.25) is 11.8 Å². The number of hydrogen-bond donors (Lipinski definition) is 1. The maximum atomic E-state index is 13.4. The highest BCUT2D eigenvalue weighted by molar-refractivity contribution is 9.10. The van der Waals surface area contributed by atoms with Gasteiger partial charge in [-0.3, -0.25) is 14.4 Å². The number of hydrogen-bond acceptors (Lipinski definition) is 10. The maximum Gasteiger partial charge on any atom is 0.338 e. The zero-order valence-electron chi connectivity index (χ0n) is 23.6. The van der Waals surface area contributed by atoms with Crippen molar-refractivity contribution in [3.63, 3.8) is 0 Å². The summed E-state index contributed by atoms with van der Waals surface area (Å²) < 4.78 is 5.96. The molecule has 2 heterocycles. The SMILES string of the molecule is Cc1ccc(-c2c(C#N)c(N)nc(SC3CC(=O)N(c4ccc(C(=O)OCC(=O)c5ccc(Br)cc5)cc4)C3=O)c2C#N)cc1. The summed E-state index contributed by atoms with van der Waals surface area (Å²) in [5.41, 5.74) is 8.89. The summed E-state index contributed by atoms with van der Waals surface area (Å²) in [6, 6.07) is 23.6. The Morgan fingerprint density at radius 3 is 2.22 bits per heavy atom. The van der Waals surface area contributed by atoms with Crippen LogP contribution in [0, 0.1) is 29.6 Å². The fourth-order valence-electron chi connectivity index (χ4n) is 4.67. The van der Waals surface area contributed by atoms with Crippen LogP contribution < -0.4 is 10.6 Å². The van der Waals surface area contributed by atoms with Gasteiger partial charge in [0.1, 0.15) is 28.5 Å². The molecule has 0 aliphatic carbocycles. The number of benzene rings is 3. The van der Waals surface area contributed by atoms with Crippen molar-refractivity contribution in [3.05, 3.63) is 105 Å². The molecule has 2 amide bonds. The van der Waals surface area contributed by atoms with Crippen LogP contribution in [0.3, 0.4) is 0 Å². The first-order valence-electron chi connectivity index (χ1n) is 13.4. The number of imide groups is 1. The van der Waals surface area contributed by atoms with Crippen LogP contribution in [0.15, 0.2) is 82.3 Å². The van der Waals surface area contributed by atoms with Crippen molar-refractivity contribution in [2.45, 2.75) is 23.6 Å². The third kappa shape index (κ3) is 6.48. The lowest BCUT2D eigenvalue weighted by atomic mass is 9.96. The highest BCUT2D eigenvalue weighted by atomic mass is 79.9. The molecule has 5 rings (SSSR count). The second-order valence-electron chi connectivity index (χ2n) is 9.95. The third-order valence-electron chi connectivity index (χ3n) is 6.98. The molecule has 0 bridgehead atoms. The van der Waals surface area contributed by atoms with Crippen molar-refractivity contribution < 1.29 is 23.9 Å². The van der Waals surface area contributed by atoms with E-state index in [-0.39, 0.29) is 45.4 Å². The van der Waals surface area contributed by atoms with Crippen molar-refractivity contribution in [1.82, 2.24) is 4.98 Å². The number of ether oxygens (including phenoxy) is 1. The number of nitrogens with two attached hydrogens (primary N) is 1. The summed E-state index contributed by atoms with van der Waals surface area (Å²) in [7, 11) is 0. The van der Waals surface area contributed by atoms with Crippen LogP contribution >= 0.6 is 27.7 Å². The minimum absolute atomic E-state index is 0.0477. The number of Topliss-reactive ketones (excluding diaryl/α,β-unsaturated/α-hetero) is 1. The summed E-state index contributed by atoms with van der Waals surface area (Å²) in [4.78, 5) is 56.5. The molecule has 1 aromatic heterocycles. The topological polar surface area (TPSA) is 167 Å². The summed E-state index contributed by atoms with van der Waals surface area (Å²) in [5, 5.41) is 19.1. The summed E-state index contributed by atoms with van der Waals surface area (Å²) in [6.07, 6.45) is -0.169. The number of amides is 2. The Morgan fingerprint density at radius 1 is 0.978 bits per heavy atom. The second-order valence-corrected chi connectivity index (χ2v) is 12.1. The van der Waals surface area contributed by atoms with Gasteiger partial charge in [0.15, 0.2) is 12.4 Å². The number of carbonyl (C=O) groups excluding carboxylic acids is 4. The Hall–Kier alpha value is -5.30. The molecule has 1 aliphatic heterocycles. The van der Waals surface area contributed by atoms with Crippen LogP contribution in [0.1, 0.15) is 43.8 Å². The first kappa shape index (κ1) is 31.1. The van der Waals surface area contributed by atoms with Gasteiger partial charge in [-0.1, -0.05) is 69.7 Å². The van der Waals surface area contributed by atoms with Gasteiger partial charge in [-0.15, -0.1) is 0 Å². The average Bonchev–Trinajstić information content (AvgIpc) is 3.31. The predicted molar refractivity (Wildman–Crippen MR) is 170 cm³/mol. The number of aromatic nitrogens is 1. The lowest BCUT2D eigenvalue weighted by molar-refractivity contribution is -0.121. The summed E-state index contributed by atoms with van der Waals surface area (Å²) >= 11 is 4.23. The number of aryl methyl sites for hydroxylation is 1. The van der Waals surface area contributed by atoms with Crippen molar-refractivity contribution >= 4 is 62.8 Å². The van der Waals surface area contributed by atoms with Crippen LogP contribution in [0.25, 0.3) is 11.1 Å². The molecule has 0 saturated carbocycles. The van der Waals surface area contributed by atoms with Crippen LogP contribution in [0.5, 0.6) is 0 Å². The lowest BCUT2D eigenvalue weighted by Gasteiger charge is -2.16. The van der Waals surface area contributed by atoms with Crippen molar-refractivity contribution in [1.29, 1.82) is 10.5 Å². The average molecular weight is 681 g/mol. The molecule has 1 unspecified atom stereocenters. The van der Waals surface area contributed by atoms with E-state index in [9.17, 15) is 29.7 Å². The molecule has 1 fully saturated rings. The minimum Gasteiger partial charge on any atom is -0.454 e. The van der Waals surface area contributed by atoms with Gasteiger partial charge in [0.05, 0.1) is 22.1 Å². The lowest BCUT2D eigenvalue weighted by Crippen LogP contribution is -2.31. The Balaban J connectivity index is 1.32. The molecule has 45 heavy (non-hydrogen) atoms. The smallest absolute Gasteiger partial charge is 0.338 e. The molecular formula is C33H22BrN5O5S. The van der Waals surface area contributed by atoms with Gasteiger partial charge in [-0.05, 0) is 48.9 Å². The Morgan fingerprint density at radius 2 is 1.60 bits per heavy atom.